The van der Waals surface area contributed by atoms with Crippen molar-refractivity contribution >= 4 is 5.91 Å². The summed E-state index contributed by atoms with van der Waals surface area (Å²) in [7, 11) is 0. The largest absolute Gasteiger partial charge is 0.394 e. The van der Waals surface area contributed by atoms with Crippen LogP contribution in [-0.2, 0) is 33.2 Å². The Morgan fingerprint density at radius 2 is 0.636 bits per heavy atom. The predicted molar refractivity (Wildman–Crippen MR) is 442 cm³/mol. The molecule has 3 fully saturated rings. The number of carbonyl (C=O) groups is 1. The molecule has 12 N–H and O–H groups in total. The summed E-state index contributed by atoms with van der Waals surface area (Å²) in [5.74, 6) is -0.294. The van der Waals surface area contributed by atoms with Crippen LogP contribution in [0.25, 0.3) is 0 Å². The van der Waals surface area contributed by atoms with Crippen molar-refractivity contribution in [3.63, 3.8) is 0 Å². The van der Waals surface area contributed by atoms with Crippen LogP contribution in [0.3, 0.4) is 0 Å². The van der Waals surface area contributed by atoms with E-state index in [0.717, 1.165) is 116 Å². The van der Waals surface area contributed by atoms with Gasteiger partial charge in [0.05, 0.1) is 38.6 Å². The maximum atomic E-state index is 13.5. The van der Waals surface area contributed by atoms with Gasteiger partial charge in [0, 0.05) is 6.42 Å². The van der Waals surface area contributed by atoms with E-state index in [0.29, 0.717) is 12.8 Å². The highest BCUT2D eigenvalue weighted by Crippen LogP contribution is 2.33. The number of aliphatic hydroxyl groups is 11. The molecule has 0 aromatic heterocycles. The molecular weight excluding hydrogens is 1390 g/mol. The fourth-order valence-corrected chi connectivity index (χ4v) is 13.5. The molecule has 17 atom stereocenters. The van der Waals surface area contributed by atoms with Crippen LogP contribution in [0.4, 0.5) is 0 Å². The first kappa shape index (κ1) is 99.9. The first-order valence-electron chi connectivity index (χ1n) is 43.1. The molecule has 3 aliphatic rings. The molecule has 0 aromatic rings. The SMILES string of the molecule is CC/C=C\C/C=C\C/C=C\C/C=C\C/C=C\C/C=C\C/C=C\C/C=C\C/C=C\CCCCCCCCCCCCCCCC(=O)NC(COC1OC(CO)C(OC2OC(CO)C(OC3OC(CO)C(O)C(O)C3O)C(O)C2O)C(O)C1O)C(O)/C=C/CC/C=C/CC/C=C/CCCCCCCCCCCCCCCC. The molecule has 3 saturated heterocycles. The molecule has 3 rings (SSSR count). The van der Waals surface area contributed by atoms with E-state index in [1.54, 1.807) is 6.08 Å². The summed E-state index contributed by atoms with van der Waals surface area (Å²) in [5.41, 5.74) is 0. The van der Waals surface area contributed by atoms with Crippen LogP contribution in [0.15, 0.2) is 146 Å². The number of nitrogens with one attached hydrogen (secondary N) is 1. The topological polar surface area (TPSA) is 307 Å². The van der Waals surface area contributed by atoms with Crippen LogP contribution in [-0.4, -0.2) is 193 Å². The normalized spacial score (nSPS) is 25.9. The molecule has 19 nitrogen and oxygen atoms in total. The quantitative estimate of drug-likeness (QED) is 0.0199. The second kappa shape index (κ2) is 69.0. The van der Waals surface area contributed by atoms with E-state index in [1.807, 2.05) is 6.08 Å². The van der Waals surface area contributed by atoms with Gasteiger partial charge in [0.15, 0.2) is 18.9 Å². The highest BCUT2D eigenvalue weighted by atomic mass is 16.8. The third kappa shape index (κ3) is 47.5. The van der Waals surface area contributed by atoms with Gasteiger partial charge in [-0.05, 0) is 116 Å². The molecule has 3 heterocycles. The lowest BCUT2D eigenvalue weighted by Crippen LogP contribution is -2.66. The number of hydrogen-bond acceptors (Lipinski definition) is 18. The van der Waals surface area contributed by atoms with Gasteiger partial charge in [0.1, 0.15) is 73.2 Å². The molecule has 0 bridgehead atoms. The number of amides is 1. The van der Waals surface area contributed by atoms with Gasteiger partial charge in [0.25, 0.3) is 0 Å². The van der Waals surface area contributed by atoms with Gasteiger partial charge in [-0.2, -0.15) is 0 Å². The molecule has 0 radical (unpaired) electrons. The van der Waals surface area contributed by atoms with E-state index in [1.165, 1.54) is 141 Å². The lowest BCUT2D eigenvalue weighted by Gasteiger charge is -2.48. The Balaban J connectivity index is 1.34. The summed E-state index contributed by atoms with van der Waals surface area (Å²) in [6, 6.07) is -1.01. The fourth-order valence-electron chi connectivity index (χ4n) is 13.5. The standard InChI is InChI=1S/C91H153NO18/c1-3-5-7-9-11-13-15-17-19-21-23-25-27-29-30-31-32-33-34-35-36-37-38-39-40-41-42-43-44-45-47-49-51-53-55-57-59-61-63-65-67-69-79(97)92-74(75(96)68-66-64-62-60-58-56-54-52-50-48-46-28-26-24-22-20-18-16-14-12-10-8-6-4-2)73-105-89-85(103)82(100)87(77(71-94)107-89)110-91-86(104)83(101)88(78(72-95)108-91)109-90-84(102)81(99)80(98)76(70-93)106-90/h5,7,11,13,17,19,23,25,29-30,32-33,35-36,38-39,41-42,50,52,58,60,66,68,74-78,80-91,93-96,98-104H,3-4,6,8-10,12,14-16,18,20-22,24,26-28,31,34,37,40,43-49,51,53-57,59,61-65,67,69-73H2,1-2H3,(H,92,97)/b7-5-,13-11-,19-17-,25-23-,30-29-,33-32-,36-35-,39-38-,42-41-,52-50+,60-58+,68-66+. The van der Waals surface area contributed by atoms with Crippen molar-refractivity contribution < 1.29 is 89.4 Å². The highest BCUT2D eigenvalue weighted by molar-refractivity contribution is 5.76. The summed E-state index contributed by atoms with van der Waals surface area (Å²) >= 11 is 0. The predicted octanol–water partition coefficient (Wildman–Crippen LogP) is 15.8. The molecule has 1 amide bonds. The number of aliphatic hydroxyl groups excluding tert-OH is 11. The van der Waals surface area contributed by atoms with E-state index >= 15 is 0 Å². The average Bonchev–Trinajstić information content (AvgIpc) is 0.782. The Morgan fingerprint density at radius 1 is 0.336 bits per heavy atom. The zero-order valence-electron chi connectivity index (χ0n) is 67.7. The van der Waals surface area contributed by atoms with Gasteiger partial charge in [0.2, 0.25) is 5.91 Å². The number of carbonyl (C=O) groups excluding carboxylic acids is 1. The van der Waals surface area contributed by atoms with Crippen molar-refractivity contribution in [1.82, 2.24) is 5.32 Å². The molecule has 630 valence electrons. The maximum absolute atomic E-state index is 13.5. The Bertz CT molecular complexity index is 2560. The summed E-state index contributed by atoms with van der Waals surface area (Å²) in [6.07, 6.45) is 74.1. The zero-order chi connectivity index (χ0) is 79.5. The molecule has 0 spiro atoms. The molecular formula is C91H153NO18. The van der Waals surface area contributed by atoms with Crippen molar-refractivity contribution in [2.45, 2.75) is 394 Å². The smallest absolute Gasteiger partial charge is 0.220 e. The molecule has 19 heteroatoms. The average molecular weight is 1550 g/mol. The van der Waals surface area contributed by atoms with Gasteiger partial charge in [-0.15, -0.1) is 0 Å². The molecule has 0 aromatic carbocycles. The summed E-state index contributed by atoms with van der Waals surface area (Å²) in [5, 5.41) is 121. The van der Waals surface area contributed by atoms with Gasteiger partial charge < -0.3 is 89.9 Å². The van der Waals surface area contributed by atoms with Crippen LogP contribution in [0.1, 0.15) is 290 Å². The Kier molecular flexibility index (Phi) is 62.7. The second-order valence-corrected chi connectivity index (χ2v) is 29.9. The van der Waals surface area contributed by atoms with Crippen LogP contribution in [0.2, 0.25) is 0 Å². The Morgan fingerprint density at radius 3 is 1.02 bits per heavy atom. The molecule has 0 aliphatic carbocycles. The summed E-state index contributed by atoms with van der Waals surface area (Å²) < 4.78 is 34.4. The second-order valence-electron chi connectivity index (χ2n) is 29.9. The first-order valence-corrected chi connectivity index (χ1v) is 43.1. The summed E-state index contributed by atoms with van der Waals surface area (Å²) in [6.45, 7) is 1.61. The first-order chi connectivity index (χ1) is 53.8. The monoisotopic (exact) mass is 1550 g/mol. The summed E-state index contributed by atoms with van der Waals surface area (Å²) in [4.78, 5) is 13.5. The van der Waals surface area contributed by atoms with E-state index in [9.17, 15) is 61.0 Å². The molecule has 0 saturated carbocycles. The number of unbranched alkanes of at least 4 members (excludes halogenated alkanes) is 29. The van der Waals surface area contributed by atoms with Gasteiger partial charge >= 0.3 is 0 Å². The third-order valence-corrected chi connectivity index (χ3v) is 20.3. The van der Waals surface area contributed by atoms with Crippen LogP contribution >= 0.6 is 0 Å². The van der Waals surface area contributed by atoms with Crippen molar-refractivity contribution in [2.75, 3.05) is 26.4 Å². The minimum atomic E-state index is -1.99. The Hall–Kier alpha value is -4.33. The number of allylic oxidation sites excluding steroid dienone is 23. The van der Waals surface area contributed by atoms with Gasteiger partial charge in [-0.1, -0.05) is 314 Å². The molecule has 3 aliphatic heterocycles. The maximum Gasteiger partial charge on any atom is 0.220 e. The van der Waals surface area contributed by atoms with Crippen LogP contribution in [0, 0.1) is 0 Å². The zero-order valence-corrected chi connectivity index (χ0v) is 67.7. The fraction of sp³-hybridized carbons (Fsp3) is 0.725. The third-order valence-electron chi connectivity index (χ3n) is 20.3. The highest BCUT2D eigenvalue weighted by Gasteiger charge is 2.54. The Labute approximate surface area is 663 Å². The van der Waals surface area contributed by atoms with Crippen molar-refractivity contribution in [1.29, 1.82) is 0 Å². The van der Waals surface area contributed by atoms with Crippen LogP contribution in [0.5, 0.6) is 0 Å². The van der Waals surface area contributed by atoms with Crippen molar-refractivity contribution in [2.24, 2.45) is 0 Å². The van der Waals surface area contributed by atoms with Gasteiger partial charge in [-0.25, -0.2) is 0 Å². The molecule has 17 unspecified atom stereocenters. The van der Waals surface area contributed by atoms with E-state index in [2.05, 4.69) is 153 Å². The number of rotatable bonds is 67. The van der Waals surface area contributed by atoms with E-state index in [4.69, 9.17) is 28.4 Å². The lowest BCUT2D eigenvalue weighted by atomic mass is 9.96. The van der Waals surface area contributed by atoms with E-state index in [-0.39, 0.29) is 18.9 Å². The van der Waals surface area contributed by atoms with E-state index < -0.39 is 124 Å². The van der Waals surface area contributed by atoms with Crippen molar-refractivity contribution in [3.05, 3.63) is 146 Å². The minimum absolute atomic E-state index is 0.222. The lowest BCUT2D eigenvalue weighted by molar-refractivity contribution is -0.379. The van der Waals surface area contributed by atoms with Crippen LogP contribution < -0.4 is 5.32 Å². The van der Waals surface area contributed by atoms with Crippen molar-refractivity contribution in [3.8, 4) is 0 Å². The van der Waals surface area contributed by atoms with Gasteiger partial charge in [-0.3, -0.25) is 4.79 Å². The number of hydrogen-bond donors (Lipinski definition) is 12. The molecule has 110 heavy (non-hydrogen) atoms. The number of ether oxygens (including phenoxy) is 6. The minimum Gasteiger partial charge on any atom is -0.394 e.